The summed E-state index contributed by atoms with van der Waals surface area (Å²) in [5, 5.41) is 26.9. The van der Waals surface area contributed by atoms with E-state index in [-0.39, 0.29) is 36.0 Å². The fourth-order valence-electron chi connectivity index (χ4n) is 6.33. The van der Waals surface area contributed by atoms with Crippen molar-refractivity contribution in [2.45, 2.75) is 104 Å². The smallest absolute Gasteiger partial charge is 0.332 e. The second-order valence-corrected chi connectivity index (χ2v) is 15.5. The van der Waals surface area contributed by atoms with Crippen LogP contribution in [0, 0.1) is 11.8 Å². The Morgan fingerprint density at radius 2 is 1.72 bits per heavy atom. The van der Waals surface area contributed by atoms with Crippen LogP contribution in [0.5, 0.6) is 5.75 Å². The Balaban J connectivity index is 2.19. The molecule has 0 spiro atoms. The van der Waals surface area contributed by atoms with Gasteiger partial charge in [0.1, 0.15) is 23.9 Å². The first-order valence-corrected chi connectivity index (χ1v) is 19.1. The number of carbonyl (C=O) groups is 4. The number of hydrogen-bond acceptors (Lipinski definition) is 8. The molecule has 0 fully saturated rings. The topological polar surface area (TPSA) is 155 Å². The molecule has 1 heterocycles. The highest BCUT2D eigenvalue weighted by Crippen LogP contribution is 2.30. The number of rotatable bonds is 7. The number of nitrogens with zero attached hydrogens (tertiary/aromatic N) is 1. The number of esters is 1. The van der Waals surface area contributed by atoms with Crippen molar-refractivity contribution in [3.8, 4) is 5.75 Å². The Morgan fingerprint density at radius 3 is 2.31 bits per heavy atom. The van der Waals surface area contributed by atoms with E-state index >= 15 is 0 Å². The summed E-state index contributed by atoms with van der Waals surface area (Å²) in [4.78, 5) is 57.8. The molecule has 0 aliphatic carbocycles. The van der Waals surface area contributed by atoms with E-state index in [4.69, 9.17) is 9.47 Å². The number of allylic oxidation sites excluding steroid dienone is 2. The zero-order valence-electron chi connectivity index (χ0n) is 32.8. The maximum absolute atomic E-state index is 14.3. The van der Waals surface area contributed by atoms with Crippen molar-refractivity contribution in [3.05, 3.63) is 99.6 Å². The van der Waals surface area contributed by atoms with Crippen molar-refractivity contribution in [1.82, 2.24) is 15.5 Å². The number of benzene rings is 2. The van der Waals surface area contributed by atoms with E-state index in [0.717, 1.165) is 5.57 Å². The standard InChI is InChI=1S/C42H56BrN3O8/c1-10-25(2)35-39(49)44-32(24-29-20-21-33(47)31(43)23-29)38(48)45-37(42(6,7)52)41(51)54-36(30-17-12-11-13-18-30)27(4)16-14-15-26(3)34(53-9)22-19-28(5)40(50)46(35)8/h11-21,23,25,27,32,34-37,47,52H,10,22,24H2,1-9H3,(H,44,49)(H,45,48)/b16-14+,26-15+,28-19+. The molecule has 54 heavy (non-hydrogen) atoms. The number of nitrogens with one attached hydrogen (secondary N) is 2. The van der Waals surface area contributed by atoms with E-state index in [0.29, 0.717) is 34.0 Å². The lowest BCUT2D eigenvalue weighted by Gasteiger charge is -2.34. The number of ether oxygens (including phenoxy) is 2. The van der Waals surface area contributed by atoms with Crippen molar-refractivity contribution in [2.75, 3.05) is 14.2 Å². The van der Waals surface area contributed by atoms with E-state index < -0.39 is 47.6 Å². The normalized spacial score (nSPS) is 27.6. The first-order chi connectivity index (χ1) is 25.4. The predicted molar refractivity (Wildman–Crippen MR) is 212 cm³/mol. The van der Waals surface area contributed by atoms with Gasteiger partial charge in [-0.25, -0.2) is 4.79 Å². The summed E-state index contributed by atoms with van der Waals surface area (Å²) in [5.41, 5.74) is 0.840. The van der Waals surface area contributed by atoms with E-state index in [1.54, 1.807) is 39.3 Å². The van der Waals surface area contributed by atoms with Crippen LogP contribution < -0.4 is 10.6 Å². The van der Waals surface area contributed by atoms with Crippen molar-refractivity contribution in [2.24, 2.45) is 11.8 Å². The highest BCUT2D eigenvalue weighted by atomic mass is 79.9. The molecule has 7 atom stereocenters. The quantitative estimate of drug-likeness (QED) is 0.245. The van der Waals surface area contributed by atoms with Crippen LogP contribution in [0.4, 0.5) is 0 Å². The molecule has 1 aliphatic rings. The molecule has 4 N–H and O–H groups in total. The molecule has 3 amide bonds. The Hall–Kier alpha value is -4.26. The van der Waals surface area contributed by atoms with Gasteiger partial charge < -0.3 is 35.2 Å². The minimum absolute atomic E-state index is 0.0100. The maximum atomic E-state index is 14.3. The summed E-state index contributed by atoms with van der Waals surface area (Å²) in [6.45, 7) is 12.1. The molecular weight excluding hydrogens is 754 g/mol. The summed E-state index contributed by atoms with van der Waals surface area (Å²) in [5.74, 6) is -3.22. The lowest BCUT2D eigenvalue weighted by molar-refractivity contribution is -0.162. The molecule has 0 bridgehead atoms. The summed E-state index contributed by atoms with van der Waals surface area (Å²) >= 11 is 3.31. The van der Waals surface area contributed by atoms with Crippen LogP contribution >= 0.6 is 15.9 Å². The fourth-order valence-corrected chi connectivity index (χ4v) is 6.76. The molecular formula is C42H56BrN3O8. The lowest BCUT2D eigenvalue weighted by Crippen LogP contribution is -2.61. The van der Waals surface area contributed by atoms with Gasteiger partial charge in [0.05, 0.1) is 16.2 Å². The van der Waals surface area contributed by atoms with Crippen LogP contribution in [-0.2, 0) is 35.1 Å². The molecule has 7 unspecified atom stereocenters. The summed E-state index contributed by atoms with van der Waals surface area (Å²) in [6.07, 6.45) is 7.25. The molecule has 0 saturated heterocycles. The average Bonchev–Trinajstić information content (AvgIpc) is 3.12. The first kappa shape index (κ1) is 44.1. The van der Waals surface area contributed by atoms with Crippen LogP contribution in [0.25, 0.3) is 0 Å². The number of amides is 3. The number of halogens is 1. The van der Waals surface area contributed by atoms with Crippen LogP contribution in [-0.4, -0.2) is 82.8 Å². The van der Waals surface area contributed by atoms with Gasteiger partial charge in [0.25, 0.3) is 0 Å². The molecule has 2 aromatic carbocycles. The molecule has 2 aromatic rings. The molecule has 12 heteroatoms. The number of phenolic OH excluding ortho intramolecular Hbond substituents is 1. The number of hydrogen-bond donors (Lipinski definition) is 4. The van der Waals surface area contributed by atoms with Crippen LogP contribution in [0.2, 0.25) is 0 Å². The summed E-state index contributed by atoms with van der Waals surface area (Å²) < 4.78 is 12.3. The lowest BCUT2D eigenvalue weighted by atomic mass is 9.94. The number of phenols is 1. The third kappa shape index (κ3) is 11.9. The second kappa shape index (κ2) is 19.9. The number of carbonyl (C=O) groups excluding carboxylic acids is 4. The number of aromatic hydroxyl groups is 1. The van der Waals surface area contributed by atoms with Crippen molar-refractivity contribution >= 4 is 39.6 Å². The van der Waals surface area contributed by atoms with Crippen LogP contribution in [0.3, 0.4) is 0 Å². The largest absolute Gasteiger partial charge is 0.507 e. The zero-order valence-corrected chi connectivity index (χ0v) is 34.3. The molecule has 294 valence electrons. The van der Waals surface area contributed by atoms with Crippen LogP contribution in [0.1, 0.15) is 78.5 Å². The Morgan fingerprint density at radius 1 is 1.06 bits per heavy atom. The average molecular weight is 811 g/mol. The van der Waals surface area contributed by atoms with E-state index in [9.17, 15) is 29.4 Å². The second-order valence-electron chi connectivity index (χ2n) is 14.7. The van der Waals surface area contributed by atoms with E-state index in [1.165, 1.54) is 24.8 Å². The first-order valence-electron chi connectivity index (χ1n) is 18.3. The highest BCUT2D eigenvalue weighted by Gasteiger charge is 2.41. The number of methoxy groups -OCH3 is 1. The van der Waals surface area contributed by atoms with Crippen molar-refractivity contribution in [1.29, 1.82) is 0 Å². The van der Waals surface area contributed by atoms with E-state index in [2.05, 4.69) is 26.6 Å². The SMILES string of the molecule is CCC(C)C1C(=O)NC(Cc2ccc(O)c(Br)c2)C(=O)NC(C(C)(C)O)C(=O)OC(c2ccccc2)C(C)/C=C/C=C(\C)C(OC)C/C=C(\C)C(=O)N1C. The van der Waals surface area contributed by atoms with Crippen molar-refractivity contribution in [3.63, 3.8) is 0 Å². The summed E-state index contributed by atoms with van der Waals surface area (Å²) in [6, 6.07) is 10.1. The third-order valence-electron chi connectivity index (χ3n) is 9.89. The van der Waals surface area contributed by atoms with Crippen LogP contribution in [0.15, 0.2) is 88.5 Å². The number of aliphatic hydroxyl groups is 1. The van der Waals surface area contributed by atoms with Gasteiger partial charge in [-0.15, -0.1) is 0 Å². The monoisotopic (exact) mass is 809 g/mol. The van der Waals surface area contributed by atoms with Gasteiger partial charge in [-0.2, -0.15) is 0 Å². The van der Waals surface area contributed by atoms with Gasteiger partial charge in [-0.05, 0) is 84.8 Å². The molecule has 0 saturated carbocycles. The molecule has 1 aliphatic heterocycles. The van der Waals surface area contributed by atoms with E-state index in [1.807, 2.05) is 76.3 Å². The molecule has 3 rings (SSSR count). The van der Waals surface area contributed by atoms with Gasteiger partial charge in [0, 0.05) is 32.1 Å². The number of cyclic esters (lactones) is 1. The molecule has 0 aromatic heterocycles. The van der Waals surface area contributed by atoms with Gasteiger partial charge in [0.2, 0.25) is 17.7 Å². The minimum atomic E-state index is -1.79. The fraction of sp³-hybridized carbons (Fsp3) is 0.476. The van der Waals surface area contributed by atoms with Gasteiger partial charge in [-0.1, -0.05) is 87.9 Å². The zero-order chi connectivity index (χ0) is 40.3. The van der Waals surface area contributed by atoms with Crippen molar-refractivity contribution < 1.29 is 38.9 Å². The maximum Gasteiger partial charge on any atom is 0.332 e. The highest BCUT2D eigenvalue weighted by molar-refractivity contribution is 9.10. The minimum Gasteiger partial charge on any atom is -0.507 e. The molecule has 0 radical (unpaired) electrons. The van der Waals surface area contributed by atoms with Gasteiger partial charge >= 0.3 is 5.97 Å². The Kier molecular flexibility index (Phi) is 16.3. The summed E-state index contributed by atoms with van der Waals surface area (Å²) in [7, 11) is 3.16. The van der Waals surface area contributed by atoms with Gasteiger partial charge in [-0.3, -0.25) is 14.4 Å². The third-order valence-corrected chi connectivity index (χ3v) is 10.5. The predicted octanol–water partition coefficient (Wildman–Crippen LogP) is 6.10. The molecule has 11 nitrogen and oxygen atoms in total. The Labute approximate surface area is 328 Å². The Bertz CT molecular complexity index is 1720. The number of likely N-dealkylation sites (N-methyl/N-ethyl adjacent to an activating group) is 1. The van der Waals surface area contributed by atoms with Gasteiger partial charge in [0.15, 0.2) is 6.04 Å².